The Balaban J connectivity index is 1.91. The van der Waals surface area contributed by atoms with Gasteiger partial charge in [0.1, 0.15) is 11.9 Å². The molecule has 1 atom stereocenters. The Bertz CT molecular complexity index is 1170. The molecular weight excluding hydrogens is 357 g/mol. The number of hydrogen-bond donors (Lipinski definition) is 0. The van der Waals surface area contributed by atoms with E-state index >= 15 is 0 Å². The summed E-state index contributed by atoms with van der Waals surface area (Å²) in [5.74, 6) is -0.231. The third-order valence-electron chi connectivity index (χ3n) is 4.75. The van der Waals surface area contributed by atoms with E-state index in [1.165, 1.54) is 12.1 Å². The Labute approximate surface area is 161 Å². The van der Waals surface area contributed by atoms with Gasteiger partial charge in [-0.15, -0.1) is 0 Å². The number of pyridine rings is 1. The zero-order valence-electron chi connectivity index (χ0n) is 15.1. The number of aromatic nitrogens is 2. The molecule has 0 aliphatic carbocycles. The summed E-state index contributed by atoms with van der Waals surface area (Å²) in [6.45, 7) is 4.15. The van der Waals surface area contributed by atoms with E-state index in [0.29, 0.717) is 11.2 Å². The summed E-state index contributed by atoms with van der Waals surface area (Å²) in [5.41, 5.74) is 5.24. The number of para-hydroxylation sites is 2. The van der Waals surface area contributed by atoms with Crippen molar-refractivity contribution in [1.29, 1.82) is 5.26 Å². The highest BCUT2D eigenvalue weighted by Crippen LogP contribution is 2.38. The SMILES string of the molecule is CCc1cc(S[C@@H](C)c2ccc(F)cc2)n2c(nc3ccccc32)c1C#N. The van der Waals surface area contributed by atoms with Crippen LogP contribution >= 0.6 is 11.8 Å². The number of fused-ring (bicyclic) bond motifs is 3. The molecule has 0 aliphatic rings. The first-order chi connectivity index (χ1) is 13.1. The van der Waals surface area contributed by atoms with Gasteiger partial charge >= 0.3 is 0 Å². The quantitative estimate of drug-likeness (QED) is 0.416. The Morgan fingerprint density at radius 2 is 1.93 bits per heavy atom. The molecule has 2 heterocycles. The molecule has 0 saturated carbocycles. The zero-order chi connectivity index (χ0) is 19.0. The topological polar surface area (TPSA) is 41.1 Å². The minimum Gasteiger partial charge on any atom is -0.286 e. The minimum absolute atomic E-state index is 0.132. The summed E-state index contributed by atoms with van der Waals surface area (Å²) in [6, 6.07) is 19.0. The van der Waals surface area contributed by atoms with E-state index in [4.69, 9.17) is 4.98 Å². The average molecular weight is 375 g/mol. The predicted octanol–water partition coefficient (Wildman–Crippen LogP) is 5.91. The van der Waals surface area contributed by atoms with Gasteiger partial charge in [-0.25, -0.2) is 9.37 Å². The van der Waals surface area contributed by atoms with Gasteiger partial charge in [-0.05, 0) is 54.8 Å². The lowest BCUT2D eigenvalue weighted by atomic mass is 10.1. The zero-order valence-corrected chi connectivity index (χ0v) is 15.9. The maximum absolute atomic E-state index is 13.3. The van der Waals surface area contributed by atoms with Crippen LogP contribution in [-0.2, 0) is 6.42 Å². The molecule has 5 heteroatoms. The van der Waals surface area contributed by atoms with E-state index in [9.17, 15) is 9.65 Å². The van der Waals surface area contributed by atoms with E-state index in [2.05, 4.69) is 23.5 Å². The van der Waals surface area contributed by atoms with Gasteiger partial charge in [-0.1, -0.05) is 43.0 Å². The molecule has 2 aromatic heterocycles. The van der Waals surface area contributed by atoms with E-state index in [0.717, 1.165) is 33.6 Å². The van der Waals surface area contributed by atoms with Crippen LogP contribution in [0.4, 0.5) is 4.39 Å². The van der Waals surface area contributed by atoms with Crippen molar-refractivity contribution in [2.75, 3.05) is 0 Å². The minimum atomic E-state index is -0.231. The molecule has 0 fully saturated rings. The molecular formula is C22H18FN3S. The molecule has 0 spiro atoms. The van der Waals surface area contributed by atoms with Gasteiger partial charge in [0, 0.05) is 5.25 Å². The number of aryl methyl sites for hydroxylation is 1. The molecule has 4 aromatic rings. The lowest BCUT2D eigenvalue weighted by Crippen LogP contribution is -2.00. The molecule has 0 N–H and O–H groups in total. The molecule has 134 valence electrons. The van der Waals surface area contributed by atoms with Crippen LogP contribution in [0.25, 0.3) is 16.7 Å². The molecule has 3 nitrogen and oxygen atoms in total. The second kappa shape index (κ2) is 7.05. The van der Waals surface area contributed by atoms with E-state index in [-0.39, 0.29) is 11.1 Å². The Kier molecular flexibility index (Phi) is 4.59. The van der Waals surface area contributed by atoms with Crippen LogP contribution < -0.4 is 0 Å². The molecule has 0 saturated heterocycles. The molecule has 4 rings (SSSR count). The Hall–Kier alpha value is -2.84. The highest BCUT2D eigenvalue weighted by atomic mass is 32.2. The van der Waals surface area contributed by atoms with Crippen molar-refractivity contribution in [1.82, 2.24) is 9.38 Å². The van der Waals surface area contributed by atoms with Crippen LogP contribution in [0.3, 0.4) is 0 Å². The lowest BCUT2D eigenvalue weighted by Gasteiger charge is -2.15. The monoisotopic (exact) mass is 375 g/mol. The predicted molar refractivity (Wildman–Crippen MR) is 107 cm³/mol. The van der Waals surface area contributed by atoms with Gasteiger partial charge in [0.05, 0.1) is 21.6 Å². The number of nitrogens with zero attached hydrogens (tertiary/aromatic N) is 3. The van der Waals surface area contributed by atoms with Crippen molar-refractivity contribution >= 4 is 28.4 Å². The highest BCUT2D eigenvalue weighted by molar-refractivity contribution is 7.99. The van der Waals surface area contributed by atoms with Crippen molar-refractivity contribution in [3.05, 3.63) is 77.1 Å². The van der Waals surface area contributed by atoms with Gasteiger partial charge in [0.25, 0.3) is 0 Å². The van der Waals surface area contributed by atoms with Gasteiger partial charge < -0.3 is 0 Å². The summed E-state index contributed by atoms with van der Waals surface area (Å²) in [6.07, 6.45) is 0.765. The van der Waals surface area contributed by atoms with E-state index in [1.807, 2.05) is 43.3 Å². The second-order valence-electron chi connectivity index (χ2n) is 6.42. The largest absolute Gasteiger partial charge is 0.286 e. The van der Waals surface area contributed by atoms with Gasteiger partial charge in [0.2, 0.25) is 0 Å². The van der Waals surface area contributed by atoms with Crippen LogP contribution in [0.1, 0.15) is 35.8 Å². The molecule has 0 unspecified atom stereocenters. The average Bonchev–Trinajstić information content (AvgIpc) is 3.07. The second-order valence-corrected chi connectivity index (χ2v) is 7.78. The number of halogens is 1. The summed E-state index contributed by atoms with van der Waals surface area (Å²) in [7, 11) is 0. The van der Waals surface area contributed by atoms with Crippen LogP contribution in [-0.4, -0.2) is 9.38 Å². The smallest absolute Gasteiger partial charge is 0.157 e. The molecule has 0 aliphatic heterocycles. The maximum Gasteiger partial charge on any atom is 0.157 e. The molecule has 0 bridgehead atoms. The van der Waals surface area contributed by atoms with Crippen LogP contribution in [0.2, 0.25) is 0 Å². The molecule has 0 amide bonds. The Morgan fingerprint density at radius 3 is 2.63 bits per heavy atom. The molecule has 27 heavy (non-hydrogen) atoms. The van der Waals surface area contributed by atoms with E-state index in [1.54, 1.807) is 11.8 Å². The summed E-state index contributed by atoms with van der Waals surface area (Å²) in [5, 5.41) is 10.9. The number of thioether (sulfide) groups is 1. The normalized spacial score (nSPS) is 12.4. The van der Waals surface area contributed by atoms with Crippen molar-refractivity contribution < 1.29 is 4.39 Å². The molecule has 2 aromatic carbocycles. The van der Waals surface area contributed by atoms with Crippen molar-refractivity contribution in [3.63, 3.8) is 0 Å². The first-order valence-corrected chi connectivity index (χ1v) is 9.75. The van der Waals surface area contributed by atoms with Gasteiger partial charge in [-0.3, -0.25) is 4.40 Å². The maximum atomic E-state index is 13.3. The molecule has 0 radical (unpaired) electrons. The summed E-state index contributed by atoms with van der Waals surface area (Å²) in [4.78, 5) is 4.72. The number of nitriles is 1. The fraction of sp³-hybridized carbons (Fsp3) is 0.182. The number of hydrogen-bond acceptors (Lipinski definition) is 3. The van der Waals surface area contributed by atoms with Crippen molar-refractivity contribution in [2.45, 2.75) is 30.5 Å². The first kappa shape index (κ1) is 17.6. The highest BCUT2D eigenvalue weighted by Gasteiger charge is 2.18. The third kappa shape index (κ3) is 3.07. The van der Waals surface area contributed by atoms with Crippen LogP contribution in [0.15, 0.2) is 59.6 Å². The summed E-state index contributed by atoms with van der Waals surface area (Å²) >= 11 is 1.69. The van der Waals surface area contributed by atoms with Crippen molar-refractivity contribution in [2.24, 2.45) is 0 Å². The fourth-order valence-corrected chi connectivity index (χ4v) is 4.47. The number of benzene rings is 2. The lowest BCUT2D eigenvalue weighted by molar-refractivity contribution is 0.627. The van der Waals surface area contributed by atoms with Gasteiger partial charge in [-0.2, -0.15) is 5.26 Å². The number of rotatable bonds is 4. The van der Waals surface area contributed by atoms with Crippen LogP contribution in [0.5, 0.6) is 0 Å². The van der Waals surface area contributed by atoms with E-state index < -0.39 is 0 Å². The van der Waals surface area contributed by atoms with Crippen LogP contribution in [0, 0.1) is 17.1 Å². The third-order valence-corrected chi connectivity index (χ3v) is 5.92. The van der Waals surface area contributed by atoms with Gasteiger partial charge in [0.15, 0.2) is 5.65 Å². The number of imidazole rings is 1. The summed E-state index contributed by atoms with van der Waals surface area (Å²) < 4.78 is 15.3. The fourth-order valence-electron chi connectivity index (χ4n) is 3.32. The standard InChI is InChI=1S/C22H18FN3S/c1-3-15-12-21(27-14(2)16-8-10-17(23)11-9-16)26-20-7-5-4-6-19(20)25-22(26)18(15)13-24/h4-12,14H,3H2,1-2H3/t14-/m0/s1. The Morgan fingerprint density at radius 1 is 1.19 bits per heavy atom. The first-order valence-electron chi connectivity index (χ1n) is 8.87. The van der Waals surface area contributed by atoms with Crippen molar-refractivity contribution in [3.8, 4) is 6.07 Å².